The molecule has 0 unspecified atom stereocenters. The largest absolute Gasteiger partial charge is 0.356 e. The molecule has 0 aliphatic carbocycles. The number of anilines is 1. The minimum atomic E-state index is -0.350. The minimum Gasteiger partial charge on any atom is -0.356 e. The minimum absolute atomic E-state index is 0.115. The third-order valence-corrected chi connectivity index (χ3v) is 7.34. The molecule has 30 heavy (non-hydrogen) atoms. The van der Waals surface area contributed by atoms with Crippen molar-refractivity contribution in [1.82, 2.24) is 24.2 Å². The number of hydrogen-bond donors (Lipinski definition) is 0. The number of aromatic nitrogens is 3. The molecule has 6 heterocycles. The predicted octanol–water partition coefficient (Wildman–Crippen LogP) is 1.33. The van der Waals surface area contributed by atoms with E-state index in [1.165, 1.54) is 0 Å². The molecule has 2 bridgehead atoms. The van der Waals surface area contributed by atoms with Gasteiger partial charge in [-0.25, -0.2) is 4.98 Å². The fraction of sp³-hybridized carbons (Fsp3) is 0.545. The van der Waals surface area contributed by atoms with E-state index in [0.29, 0.717) is 25.4 Å². The van der Waals surface area contributed by atoms with Gasteiger partial charge < -0.3 is 14.7 Å². The van der Waals surface area contributed by atoms with Crippen molar-refractivity contribution in [3.05, 3.63) is 36.9 Å². The van der Waals surface area contributed by atoms with E-state index in [4.69, 9.17) is 0 Å². The van der Waals surface area contributed by atoms with E-state index >= 15 is 0 Å². The van der Waals surface area contributed by atoms with Crippen LogP contribution in [0.5, 0.6) is 0 Å². The first-order valence-corrected chi connectivity index (χ1v) is 11.0. The lowest BCUT2D eigenvalue weighted by Gasteiger charge is -2.56. The monoisotopic (exact) mass is 406 g/mol. The van der Waals surface area contributed by atoms with Crippen molar-refractivity contribution in [3.63, 3.8) is 0 Å². The van der Waals surface area contributed by atoms with E-state index in [0.717, 1.165) is 43.8 Å². The fourth-order valence-electron chi connectivity index (χ4n) is 6.08. The number of carbonyl (C=O) groups is 2. The van der Waals surface area contributed by atoms with Crippen LogP contribution in [0.2, 0.25) is 0 Å². The molecule has 4 aliphatic heterocycles. The molecule has 0 spiro atoms. The molecule has 8 nitrogen and oxygen atoms in total. The summed E-state index contributed by atoms with van der Waals surface area (Å²) < 4.78 is 2.07. The summed E-state index contributed by atoms with van der Waals surface area (Å²) in [5, 5.41) is 0. The van der Waals surface area contributed by atoms with Gasteiger partial charge in [-0.3, -0.25) is 19.0 Å². The molecule has 3 saturated heterocycles. The molecule has 6 rings (SSSR count). The quantitative estimate of drug-likeness (QED) is 0.704. The molecular weight excluding hydrogens is 380 g/mol. The molecule has 2 aromatic heterocycles. The van der Waals surface area contributed by atoms with Crippen LogP contribution in [0.25, 0.3) is 5.65 Å². The Morgan fingerprint density at radius 2 is 1.93 bits per heavy atom. The number of carbonyl (C=O) groups excluding carboxylic acids is 2. The van der Waals surface area contributed by atoms with Gasteiger partial charge in [0.05, 0.1) is 12.4 Å². The van der Waals surface area contributed by atoms with E-state index in [9.17, 15) is 9.59 Å². The number of amides is 2. The Bertz CT molecular complexity index is 1020. The molecule has 0 N–H and O–H groups in total. The summed E-state index contributed by atoms with van der Waals surface area (Å²) in [7, 11) is 0. The Balaban J connectivity index is 1.37. The van der Waals surface area contributed by atoms with Crippen LogP contribution in [0, 0.1) is 11.8 Å². The summed E-state index contributed by atoms with van der Waals surface area (Å²) >= 11 is 0. The first kappa shape index (κ1) is 17.9. The standard InChI is InChI=1S/C22H26N6O2/c29-20-5-3-4-17-15-10-16(21(28(17)20)22(30)25-7-1-2-8-25)14-26(13-15)19-12-23-11-18-24-6-9-27(18)19/h1-2,6,9,11-12,15-17,21H,3-5,7-8,10,13-14H2/t15-,16+,17+,21-/m1/s1. The molecule has 4 aliphatic rings. The van der Waals surface area contributed by atoms with E-state index in [1.54, 1.807) is 12.4 Å². The third-order valence-electron chi connectivity index (χ3n) is 7.34. The Labute approximate surface area is 175 Å². The van der Waals surface area contributed by atoms with E-state index < -0.39 is 0 Å². The van der Waals surface area contributed by atoms with Gasteiger partial charge in [-0.05, 0) is 25.2 Å². The molecule has 2 aromatic rings. The maximum absolute atomic E-state index is 13.6. The molecular formula is C22H26N6O2. The van der Waals surface area contributed by atoms with Crippen LogP contribution < -0.4 is 4.90 Å². The van der Waals surface area contributed by atoms with Gasteiger partial charge in [0.1, 0.15) is 11.9 Å². The smallest absolute Gasteiger partial charge is 0.246 e. The summed E-state index contributed by atoms with van der Waals surface area (Å²) in [6.45, 7) is 2.94. The van der Waals surface area contributed by atoms with Gasteiger partial charge in [-0.15, -0.1) is 0 Å². The number of hydrogen-bond acceptors (Lipinski definition) is 5. The molecule has 3 fully saturated rings. The summed E-state index contributed by atoms with van der Waals surface area (Å²) in [6, 6.07) is -0.193. The van der Waals surface area contributed by atoms with Crippen LogP contribution in [0.1, 0.15) is 25.7 Å². The SMILES string of the molecule is O=C([C@H]1[C@H]2C[C@H](CN(c3cncc4nccn34)C2)[C@@H]2CCCC(=O)N21)N1CC=CC1. The maximum atomic E-state index is 13.6. The molecule has 0 radical (unpaired) electrons. The Kier molecular flexibility index (Phi) is 4.07. The number of piperidine rings is 3. The molecule has 0 aromatic carbocycles. The highest BCUT2D eigenvalue weighted by Crippen LogP contribution is 2.43. The Hall–Kier alpha value is -2.90. The summed E-state index contributed by atoms with van der Waals surface area (Å²) in [5.41, 5.74) is 0.827. The number of fused-ring (bicyclic) bond motifs is 5. The van der Waals surface area contributed by atoms with Gasteiger partial charge in [-0.2, -0.15) is 0 Å². The van der Waals surface area contributed by atoms with Crippen molar-refractivity contribution in [3.8, 4) is 0 Å². The molecule has 0 saturated carbocycles. The van der Waals surface area contributed by atoms with Crippen LogP contribution in [0.4, 0.5) is 5.82 Å². The number of imidazole rings is 1. The number of rotatable bonds is 2. The highest BCUT2D eigenvalue weighted by molar-refractivity contribution is 5.89. The average Bonchev–Trinajstić information content (AvgIpc) is 3.46. The number of nitrogens with zero attached hydrogens (tertiary/aromatic N) is 6. The van der Waals surface area contributed by atoms with Gasteiger partial charge in [0, 0.05) is 57.0 Å². The van der Waals surface area contributed by atoms with Crippen LogP contribution in [0.3, 0.4) is 0 Å². The predicted molar refractivity (Wildman–Crippen MR) is 111 cm³/mol. The van der Waals surface area contributed by atoms with Crippen LogP contribution in [-0.4, -0.2) is 74.2 Å². The van der Waals surface area contributed by atoms with Gasteiger partial charge >= 0.3 is 0 Å². The fourth-order valence-corrected chi connectivity index (χ4v) is 6.08. The van der Waals surface area contributed by atoms with Gasteiger partial charge in [0.15, 0.2) is 5.65 Å². The topological polar surface area (TPSA) is 74.0 Å². The lowest BCUT2D eigenvalue weighted by atomic mass is 9.71. The van der Waals surface area contributed by atoms with E-state index in [2.05, 4.69) is 19.3 Å². The summed E-state index contributed by atoms with van der Waals surface area (Å²) in [4.78, 5) is 41.6. The lowest BCUT2D eigenvalue weighted by Crippen LogP contribution is -2.68. The van der Waals surface area contributed by atoms with Gasteiger partial charge in [0.25, 0.3) is 0 Å². The zero-order valence-corrected chi connectivity index (χ0v) is 16.9. The molecule has 8 heteroatoms. The molecule has 2 amide bonds. The second kappa shape index (κ2) is 6.82. The van der Waals surface area contributed by atoms with Crippen molar-refractivity contribution in [2.24, 2.45) is 11.8 Å². The highest BCUT2D eigenvalue weighted by atomic mass is 16.2. The van der Waals surface area contributed by atoms with E-state index in [-0.39, 0.29) is 29.8 Å². The first-order valence-electron chi connectivity index (χ1n) is 11.0. The van der Waals surface area contributed by atoms with Crippen molar-refractivity contribution in [2.75, 3.05) is 31.1 Å². The second-order valence-electron chi connectivity index (χ2n) is 9.00. The second-order valence-corrected chi connectivity index (χ2v) is 9.00. The van der Waals surface area contributed by atoms with Crippen molar-refractivity contribution < 1.29 is 9.59 Å². The normalized spacial score (nSPS) is 30.8. The Morgan fingerprint density at radius 3 is 2.80 bits per heavy atom. The molecule has 156 valence electrons. The summed E-state index contributed by atoms with van der Waals surface area (Å²) in [6.07, 6.45) is 15.0. The maximum Gasteiger partial charge on any atom is 0.246 e. The van der Waals surface area contributed by atoms with Crippen molar-refractivity contribution in [1.29, 1.82) is 0 Å². The van der Waals surface area contributed by atoms with Gasteiger partial charge in [0.2, 0.25) is 11.8 Å². The summed E-state index contributed by atoms with van der Waals surface area (Å²) in [5.74, 6) is 1.81. The van der Waals surface area contributed by atoms with Crippen LogP contribution in [0.15, 0.2) is 36.9 Å². The van der Waals surface area contributed by atoms with Crippen molar-refractivity contribution >= 4 is 23.3 Å². The Morgan fingerprint density at radius 1 is 1.10 bits per heavy atom. The first-order chi connectivity index (χ1) is 14.7. The lowest BCUT2D eigenvalue weighted by molar-refractivity contribution is -0.160. The van der Waals surface area contributed by atoms with Crippen LogP contribution >= 0.6 is 0 Å². The van der Waals surface area contributed by atoms with Crippen LogP contribution in [-0.2, 0) is 9.59 Å². The highest BCUT2D eigenvalue weighted by Gasteiger charge is 2.53. The molecule has 4 atom stereocenters. The van der Waals surface area contributed by atoms with Crippen molar-refractivity contribution in [2.45, 2.75) is 37.8 Å². The third kappa shape index (κ3) is 2.66. The zero-order chi connectivity index (χ0) is 20.2. The average molecular weight is 406 g/mol. The van der Waals surface area contributed by atoms with E-state index in [1.807, 2.05) is 34.3 Å². The van der Waals surface area contributed by atoms with Gasteiger partial charge in [-0.1, -0.05) is 12.2 Å². The zero-order valence-electron chi connectivity index (χ0n) is 16.9.